The third-order valence-electron chi connectivity index (χ3n) is 3.13. The summed E-state index contributed by atoms with van der Waals surface area (Å²) >= 11 is 0. The first kappa shape index (κ1) is 15.7. The molecule has 0 aromatic heterocycles. The molecule has 21 heavy (non-hydrogen) atoms. The first-order valence-corrected chi connectivity index (χ1v) is 7.91. The minimum absolute atomic E-state index is 0.0257. The van der Waals surface area contributed by atoms with Crippen LogP contribution in [0.2, 0.25) is 0 Å². The predicted molar refractivity (Wildman–Crippen MR) is 87.7 cm³/mol. The van der Waals surface area contributed by atoms with E-state index in [1.807, 2.05) is 38.4 Å². The van der Waals surface area contributed by atoms with Crippen molar-refractivity contribution < 1.29 is 9.32 Å². The zero-order chi connectivity index (χ0) is 15.2. The van der Waals surface area contributed by atoms with Gasteiger partial charge in [0.25, 0.3) is 0 Å². The number of anilines is 1. The number of hydrogen-bond acceptors (Lipinski definition) is 3. The molecule has 0 bridgehead atoms. The lowest BCUT2D eigenvalue weighted by molar-refractivity contribution is 0.302. The maximum atomic E-state index is 11.9. The first-order chi connectivity index (χ1) is 10.1. The average molecular weight is 304 g/mol. The van der Waals surface area contributed by atoms with Crippen LogP contribution < -0.4 is 9.62 Å². The topological polar surface area (TPSA) is 52.6 Å². The summed E-state index contributed by atoms with van der Waals surface area (Å²) in [6, 6.07) is 15.9. The van der Waals surface area contributed by atoms with Crippen molar-refractivity contribution in [3.05, 3.63) is 48.5 Å². The number of aliphatic hydroxyl groups excluding tert-OH is 1. The Hall–Kier alpha value is -1.69. The van der Waals surface area contributed by atoms with Crippen LogP contribution in [0.1, 0.15) is 0 Å². The fourth-order valence-corrected chi connectivity index (χ4v) is 2.77. The summed E-state index contributed by atoms with van der Waals surface area (Å²) in [6.45, 7) is 0.294. The number of rotatable bonds is 6. The van der Waals surface area contributed by atoms with Crippen molar-refractivity contribution in [3.8, 4) is 11.1 Å². The molecule has 112 valence electrons. The number of hydrogen-bond donors (Lipinski definition) is 2. The van der Waals surface area contributed by atoms with Crippen LogP contribution in [-0.4, -0.2) is 36.6 Å². The predicted octanol–water partition coefficient (Wildman–Crippen LogP) is 2.02. The summed E-state index contributed by atoms with van der Waals surface area (Å²) in [5, 5.41) is 8.72. The SMILES string of the molecule is CN(C)c1ccc(-c2ccc(S(=O)NCCO)cc2)cc1. The molecule has 0 radical (unpaired) electrons. The second-order valence-corrected chi connectivity index (χ2v) is 6.15. The van der Waals surface area contributed by atoms with Crippen molar-refractivity contribution in [2.24, 2.45) is 0 Å². The lowest BCUT2D eigenvalue weighted by atomic mass is 10.1. The molecule has 0 spiro atoms. The third kappa shape index (κ3) is 4.14. The lowest BCUT2D eigenvalue weighted by Crippen LogP contribution is -2.20. The van der Waals surface area contributed by atoms with Crippen molar-refractivity contribution in [3.63, 3.8) is 0 Å². The normalized spacial score (nSPS) is 12.1. The molecule has 2 rings (SSSR count). The Kier molecular flexibility index (Phi) is 5.50. The Labute approximate surface area is 128 Å². The van der Waals surface area contributed by atoms with Crippen molar-refractivity contribution in [2.45, 2.75) is 4.90 Å². The van der Waals surface area contributed by atoms with E-state index in [1.54, 1.807) is 0 Å². The monoisotopic (exact) mass is 304 g/mol. The van der Waals surface area contributed by atoms with Crippen LogP contribution in [0.15, 0.2) is 53.4 Å². The van der Waals surface area contributed by atoms with Crippen molar-refractivity contribution >= 4 is 16.7 Å². The molecule has 5 heteroatoms. The largest absolute Gasteiger partial charge is 0.395 e. The highest BCUT2D eigenvalue weighted by Crippen LogP contribution is 2.23. The zero-order valence-corrected chi connectivity index (χ0v) is 13.1. The maximum Gasteiger partial charge on any atom is 0.124 e. The van der Waals surface area contributed by atoms with Gasteiger partial charge in [-0.2, -0.15) is 0 Å². The van der Waals surface area contributed by atoms with E-state index in [4.69, 9.17) is 5.11 Å². The van der Waals surface area contributed by atoms with Gasteiger partial charge in [-0.1, -0.05) is 24.3 Å². The number of benzene rings is 2. The molecule has 0 heterocycles. The highest BCUT2D eigenvalue weighted by atomic mass is 32.2. The van der Waals surface area contributed by atoms with Gasteiger partial charge in [0.1, 0.15) is 11.0 Å². The molecule has 0 amide bonds. The van der Waals surface area contributed by atoms with Crippen molar-refractivity contribution in [1.29, 1.82) is 0 Å². The van der Waals surface area contributed by atoms with E-state index < -0.39 is 11.0 Å². The fourth-order valence-electron chi connectivity index (χ4n) is 1.94. The lowest BCUT2D eigenvalue weighted by Gasteiger charge is -2.12. The van der Waals surface area contributed by atoms with Crippen molar-refractivity contribution in [1.82, 2.24) is 4.72 Å². The van der Waals surface area contributed by atoms with Gasteiger partial charge in [0, 0.05) is 26.3 Å². The van der Waals surface area contributed by atoms with Crippen LogP contribution in [0.4, 0.5) is 5.69 Å². The molecule has 0 aliphatic rings. The van der Waals surface area contributed by atoms with E-state index in [-0.39, 0.29) is 6.61 Å². The number of nitrogens with zero attached hydrogens (tertiary/aromatic N) is 1. The van der Waals surface area contributed by atoms with E-state index in [1.165, 1.54) is 0 Å². The molecule has 1 atom stereocenters. The minimum atomic E-state index is -1.27. The van der Waals surface area contributed by atoms with E-state index in [0.717, 1.165) is 16.8 Å². The molecule has 0 saturated heterocycles. The summed E-state index contributed by atoms with van der Waals surface area (Å²) < 4.78 is 14.6. The summed E-state index contributed by atoms with van der Waals surface area (Å²) in [5.41, 5.74) is 3.37. The molecule has 0 fully saturated rings. The Morgan fingerprint density at radius 2 is 1.52 bits per heavy atom. The van der Waals surface area contributed by atoms with Crippen LogP contribution in [0, 0.1) is 0 Å². The van der Waals surface area contributed by atoms with Gasteiger partial charge in [0.2, 0.25) is 0 Å². The van der Waals surface area contributed by atoms with Crippen LogP contribution in [0.3, 0.4) is 0 Å². The second kappa shape index (κ2) is 7.36. The first-order valence-electron chi connectivity index (χ1n) is 6.76. The van der Waals surface area contributed by atoms with Gasteiger partial charge in [-0.25, -0.2) is 8.93 Å². The Bertz CT molecular complexity index is 595. The third-order valence-corrected chi connectivity index (χ3v) is 4.30. The van der Waals surface area contributed by atoms with Gasteiger partial charge >= 0.3 is 0 Å². The van der Waals surface area contributed by atoms with Crippen LogP contribution in [0.5, 0.6) is 0 Å². The van der Waals surface area contributed by atoms with Crippen LogP contribution in [-0.2, 0) is 11.0 Å². The van der Waals surface area contributed by atoms with Gasteiger partial charge < -0.3 is 10.0 Å². The molecule has 1 unspecified atom stereocenters. The summed E-state index contributed by atoms with van der Waals surface area (Å²) in [6.07, 6.45) is 0. The Morgan fingerprint density at radius 1 is 1.00 bits per heavy atom. The van der Waals surface area contributed by atoms with Crippen LogP contribution >= 0.6 is 0 Å². The van der Waals surface area contributed by atoms with Gasteiger partial charge in [-0.15, -0.1) is 0 Å². The molecule has 4 nitrogen and oxygen atoms in total. The quantitative estimate of drug-likeness (QED) is 0.858. The van der Waals surface area contributed by atoms with Crippen LogP contribution in [0.25, 0.3) is 11.1 Å². The molecule has 2 N–H and O–H groups in total. The highest BCUT2D eigenvalue weighted by molar-refractivity contribution is 7.83. The van der Waals surface area contributed by atoms with E-state index in [2.05, 4.69) is 33.9 Å². The fraction of sp³-hybridized carbons (Fsp3) is 0.250. The van der Waals surface area contributed by atoms with E-state index in [0.29, 0.717) is 11.4 Å². The standard InChI is InChI=1S/C16H20N2O2S/c1-18(2)15-7-3-13(4-8-15)14-5-9-16(10-6-14)21(20)17-11-12-19/h3-10,17,19H,11-12H2,1-2H3. The zero-order valence-electron chi connectivity index (χ0n) is 12.2. The summed E-state index contributed by atoms with van der Waals surface area (Å²) in [5.74, 6) is 0. The second-order valence-electron chi connectivity index (χ2n) is 4.85. The van der Waals surface area contributed by atoms with E-state index in [9.17, 15) is 4.21 Å². The van der Waals surface area contributed by atoms with Crippen molar-refractivity contribution in [2.75, 3.05) is 32.1 Å². The average Bonchev–Trinajstić information content (AvgIpc) is 2.53. The van der Waals surface area contributed by atoms with E-state index >= 15 is 0 Å². The maximum absolute atomic E-state index is 11.9. The Balaban J connectivity index is 2.13. The molecule has 2 aromatic rings. The molecular weight excluding hydrogens is 284 g/mol. The molecular formula is C16H20N2O2S. The molecule has 2 aromatic carbocycles. The minimum Gasteiger partial charge on any atom is -0.395 e. The van der Waals surface area contributed by atoms with Gasteiger partial charge in [-0.3, -0.25) is 0 Å². The number of aliphatic hydroxyl groups is 1. The molecule has 0 saturated carbocycles. The van der Waals surface area contributed by atoms with Gasteiger partial charge in [-0.05, 0) is 35.4 Å². The molecule has 0 aliphatic carbocycles. The number of nitrogens with one attached hydrogen (secondary N) is 1. The molecule has 0 aliphatic heterocycles. The summed E-state index contributed by atoms with van der Waals surface area (Å²) in [4.78, 5) is 2.76. The van der Waals surface area contributed by atoms with Gasteiger partial charge in [0.15, 0.2) is 0 Å². The Morgan fingerprint density at radius 3 is 2.00 bits per heavy atom. The smallest absolute Gasteiger partial charge is 0.124 e. The highest BCUT2D eigenvalue weighted by Gasteiger charge is 2.04. The van der Waals surface area contributed by atoms with Gasteiger partial charge in [0.05, 0.1) is 11.5 Å². The summed E-state index contributed by atoms with van der Waals surface area (Å²) in [7, 11) is 2.75.